The maximum absolute atomic E-state index is 13.8. The number of nitrogens with zero attached hydrogens (tertiary/aromatic N) is 5. The average molecular weight is 615 g/mol. The van der Waals surface area contributed by atoms with Crippen LogP contribution in [0.4, 0.5) is 5.13 Å². The van der Waals surface area contributed by atoms with E-state index in [1.807, 2.05) is 64.1 Å². The summed E-state index contributed by atoms with van der Waals surface area (Å²) in [6.45, 7) is 7.97. The van der Waals surface area contributed by atoms with Crippen molar-refractivity contribution in [1.82, 2.24) is 25.1 Å². The second-order valence-electron chi connectivity index (χ2n) is 11.2. The summed E-state index contributed by atoms with van der Waals surface area (Å²) in [6.07, 6.45) is 0.487. The number of Topliss-reactive ketones (excluding diaryl/α,β-unsaturated/α-hetero) is 1. The number of aliphatic hydroxyl groups is 1. The van der Waals surface area contributed by atoms with Gasteiger partial charge in [0.2, 0.25) is 22.8 Å². The molecule has 0 saturated carbocycles. The number of aromatic nitrogens is 4. The van der Waals surface area contributed by atoms with Gasteiger partial charge in [0.15, 0.2) is 10.8 Å². The van der Waals surface area contributed by atoms with Crippen molar-refractivity contribution in [3.8, 4) is 23.0 Å². The summed E-state index contributed by atoms with van der Waals surface area (Å²) in [6, 6.07) is 14.8. The maximum Gasteiger partial charge on any atom is 0.253 e. The molecule has 228 valence electrons. The highest BCUT2D eigenvalue weighted by molar-refractivity contribution is 7.17. The van der Waals surface area contributed by atoms with Crippen LogP contribution < -0.4 is 10.1 Å². The first kappa shape index (κ1) is 30.9. The molecule has 5 rings (SSSR count). The van der Waals surface area contributed by atoms with Gasteiger partial charge in [-0.1, -0.05) is 49.4 Å². The Hall–Kier alpha value is -4.55. The molecule has 0 unspecified atom stereocenters. The van der Waals surface area contributed by atoms with Crippen LogP contribution in [0.1, 0.15) is 76.5 Å². The van der Waals surface area contributed by atoms with E-state index in [4.69, 9.17) is 14.8 Å². The van der Waals surface area contributed by atoms with Crippen LogP contribution in [0.2, 0.25) is 0 Å². The third kappa shape index (κ3) is 6.08. The lowest BCUT2D eigenvalue weighted by Gasteiger charge is -2.37. The summed E-state index contributed by atoms with van der Waals surface area (Å²) in [5.41, 5.74) is 3.24. The van der Waals surface area contributed by atoms with Crippen LogP contribution in [0.3, 0.4) is 0 Å². The van der Waals surface area contributed by atoms with Crippen molar-refractivity contribution < 1.29 is 24.2 Å². The van der Waals surface area contributed by atoms with Gasteiger partial charge in [-0.3, -0.25) is 14.4 Å². The molecule has 11 nitrogen and oxygen atoms in total. The number of hydrogen-bond acceptors (Lipinski definition) is 10. The number of nitrogens with one attached hydrogen (secondary N) is 1. The largest absolute Gasteiger partial charge is 0.420 e. The van der Waals surface area contributed by atoms with E-state index in [-0.39, 0.29) is 40.8 Å². The minimum absolute atomic E-state index is 0.0553. The van der Waals surface area contributed by atoms with Crippen LogP contribution in [0.15, 0.2) is 48.5 Å². The van der Waals surface area contributed by atoms with Crippen LogP contribution in [-0.2, 0) is 4.79 Å². The molecule has 0 saturated heterocycles. The Kier molecular flexibility index (Phi) is 8.84. The van der Waals surface area contributed by atoms with Gasteiger partial charge in [0.25, 0.3) is 5.91 Å². The van der Waals surface area contributed by atoms with Crippen LogP contribution in [0.25, 0.3) is 11.3 Å². The van der Waals surface area contributed by atoms with Crippen LogP contribution in [0, 0.1) is 12.3 Å². The molecule has 1 aromatic carbocycles. The fraction of sp³-hybridized carbons (Fsp3) is 0.344. The van der Waals surface area contributed by atoms with Gasteiger partial charge < -0.3 is 20.1 Å². The summed E-state index contributed by atoms with van der Waals surface area (Å²) in [5, 5.41) is 20.2. The molecule has 1 aliphatic rings. The molecule has 4 aromatic rings. The molecule has 0 spiro atoms. The molecular weight excluding hydrogens is 580 g/mol. The van der Waals surface area contributed by atoms with Gasteiger partial charge in [0.05, 0.1) is 11.1 Å². The lowest BCUT2D eigenvalue weighted by Crippen LogP contribution is -2.38. The monoisotopic (exact) mass is 614 g/mol. The Morgan fingerprint density at radius 3 is 2.36 bits per heavy atom. The molecule has 1 atom stereocenters. The first-order chi connectivity index (χ1) is 21.0. The van der Waals surface area contributed by atoms with E-state index in [0.29, 0.717) is 36.0 Å². The maximum atomic E-state index is 13.8. The molecule has 0 radical (unpaired) electrons. The number of aliphatic hydroxyl groups excluding tert-OH is 1. The zero-order chi connectivity index (χ0) is 31.6. The number of benzene rings is 1. The molecule has 0 bridgehead atoms. The van der Waals surface area contributed by atoms with Crippen LogP contribution >= 0.6 is 11.3 Å². The topological polar surface area (TPSA) is 148 Å². The van der Waals surface area contributed by atoms with Crippen molar-refractivity contribution in [2.75, 3.05) is 25.5 Å². The van der Waals surface area contributed by atoms with Crippen LogP contribution in [-0.4, -0.2) is 68.0 Å². The number of fused-ring (bicyclic) bond motifs is 2. The van der Waals surface area contributed by atoms with Gasteiger partial charge in [-0.25, -0.2) is 9.97 Å². The number of carbonyl (C=O) groups is 3. The van der Waals surface area contributed by atoms with E-state index in [1.165, 1.54) is 0 Å². The third-order valence-corrected chi connectivity index (χ3v) is 8.62. The summed E-state index contributed by atoms with van der Waals surface area (Å²) in [5.74, 6) is -0.365. The zero-order valence-corrected chi connectivity index (χ0v) is 26.1. The number of amides is 2. The van der Waals surface area contributed by atoms with E-state index in [1.54, 1.807) is 24.1 Å². The SMILES string of the molecule is CCN(C)C(=O)c1ccc(-c2ccc3c(n2)Oc2nc(C)ccc2[C@@H]3C(C)(C)C(=O)Nc2nnc(C(=O)CCCO)s2)cc1. The number of ketones is 1. The molecule has 4 heterocycles. The van der Waals surface area contributed by atoms with Gasteiger partial charge in [-0.2, -0.15) is 0 Å². The van der Waals surface area contributed by atoms with E-state index >= 15 is 0 Å². The smallest absolute Gasteiger partial charge is 0.253 e. The van der Waals surface area contributed by atoms with E-state index in [2.05, 4.69) is 20.5 Å². The third-order valence-electron chi connectivity index (χ3n) is 7.74. The Morgan fingerprint density at radius 2 is 1.68 bits per heavy atom. The highest BCUT2D eigenvalue weighted by Crippen LogP contribution is 2.51. The first-order valence-corrected chi connectivity index (χ1v) is 15.2. The highest BCUT2D eigenvalue weighted by Gasteiger charge is 2.45. The number of pyridine rings is 2. The van der Waals surface area contributed by atoms with Gasteiger partial charge in [-0.05, 0) is 44.5 Å². The second-order valence-corrected chi connectivity index (χ2v) is 12.2. The van der Waals surface area contributed by atoms with E-state index < -0.39 is 11.3 Å². The normalized spacial score (nSPS) is 13.8. The van der Waals surface area contributed by atoms with Gasteiger partial charge >= 0.3 is 0 Å². The van der Waals surface area contributed by atoms with Crippen molar-refractivity contribution >= 4 is 34.1 Å². The van der Waals surface area contributed by atoms with Crippen molar-refractivity contribution in [1.29, 1.82) is 0 Å². The van der Waals surface area contributed by atoms with Gasteiger partial charge in [0.1, 0.15) is 0 Å². The van der Waals surface area contributed by atoms with Crippen molar-refractivity contribution in [3.05, 3.63) is 75.9 Å². The number of carbonyl (C=O) groups excluding carboxylic acids is 3. The predicted octanol–water partition coefficient (Wildman–Crippen LogP) is 5.25. The molecule has 12 heteroatoms. The number of rotatable bonds is 10. The summed E-state index contributed by atoms with van der Waals surface area (Å²) in [7, 11) is 1.76. The lowest BCUT2D eigenvalue weighted by atomic mass is 9.70. The van der Waals surface area contributed by atoms with Crippen molar-refractivity contribution in [2.24, 2.45) is 5.41 Å². The van der Waals surface area contributed by atoms with E-state index in [0.717, 1.165) is 33.7 Å². The van der Waals surface area contributed by atoms with Gasteiger partial charge in [-0.15, -0.1) is 10.2 Å². The molecule has 0 aliphatic carbocycles. The molecule has 3 aromatic heterocycles. The molecule has 2 N–H and O–H groups in total. The van der Waals surface area contributed by atoms with Gasteiger partial charge in [0, 0.05) is 60.5 Å². The number of anilines is 1. The minimum Gasteiger partial charge on any atom is -0.420 e. The predicted molar refractivity (Wildman–Crippen MR) is 166 cm³/mol. The Labute approximate surface area is 259 Å². The number of hydrogen-bond donors (Lipinski definition) is 2. The highest BCUT2D eigenvalue weighted by atomic mass is 32.1. The molecule has 0 fully saturated rings. The lowest BCUT2D eigenvalue weighted by molar-refractivity contribution is -0.124. The molecule has 2 amide bonds. The minimum atomic E-state index is -1.03. The first-order valence-electron chi connectivity index (χ1n) is 14.3. The second kappa shape index (κ2) is 12.6. The summed E-state index contributed by atoms with van der Waals surface area (Å²) >= 11 is 1.00. The van der Waals surface area contributed by atoms with Crippen molar-refractivity contribution in [2.45, 2.75) is 46.5 Å². The Balaban J connectivity index is 1.46. The Bertz CT molecular complexity index is 1720. The fourth-order valence-corrected chi connectivity index (χ4v) is 5.77. The summed E-state index contributed by atoms with van der Waals surface area (Å²) in [4.78, 5) is 49.8. The Morgan fingerprint density at radius 1 is 1.00 bits per heavy atom. The molecule has 1 aliphatic heterocycles. The summed E-state index contributed by atoms with van der Waals surface area (Å²) < 4.78 is 6.22. The standard InChI is InChI=1S/C32H34N6O5S/c1-6-38(5)29(41)20-12-10-19(11-13-20)23-16-15-22-25(21-14-9-18(2)33-26(21)43-27(22)34-23)32(3,4)30(42)35-31-37-36-28(44-31)24(40)8-7-17-39/h9-16,25,39H,6-8,17H2,1-5H3,(H,35,37,42)/t25-/m0/s1. The van der Waals surface area contributed by atoms with Crippen LogP contribution in [0.5, 0.6) is 11.8 Å². The number of ether oxygens (including phenoxy) is 1. The zero-order valence-electron chi connectivity index (χ0n) is 25.2. The quantitative estimate of drug-likeness (QED) is 0.229. The molecule has 44 heavy (non-hydrogen) atoms. The fourth-order valence-electron chi connectivity index (χ4n) is 5.06. The van der Waals surface area contributed by atoms with Crippen molar-refractivity contribution in [3.63, 3.8) is 0 Å². The average Bonchev–Trinajstić information content (AvgIpc) is 3.49. The van der Waals surface area contributed by atoms with E-state index in [9.17, 15) is 14.4 Å². The molecular formula is C32H34N6O5S. The number of aryl methyl sites for hydroxylation is 1.